The zero-order valence-electron chi connectivity index (χ0n) is 25.3. The minimum absolute atomic E-state index is 0.0713. The summed E-state index contributed by atoms with van der Waals surface area (Å²) in [5.74, 6) is 0.118. The van der Waals surface area contributed by atoms with Crippen LogP contribution in [-0.2, 0) is 15.9 Å². The summed E-state index contributed by atoms with van der Waals surface area (Å²) in [4.78, 5) is 0. The van der Waals surface area contributed by atoms with Crippen molar-refractivity contribution in [3.05, 3.63) is 47.0 Å². The molecule has 0 aromatic heterocycles. The van der Waals surface area contributed by atoms with E-state index in [9.17, 15) is 46.0 Å². The van der Waals surface area contributed by atoms with Crippen molar-refractivity contribution >= 4 is 0 Å². The number of methoxy groups -OCH3 is 1. The molecule has 15 heteroatoms. The number of ether oxygens (including phenoxy) is 6. The summed E-state index contributed by atoms with van der Waals surface area (Å²) >= 11 is 0. The van der Waals surface area contributed by atoms with E-state index >= 15 is 0 Å². The number of rotatable bonds is 11. The maximum Gasteiger partial charge on any atom is 0.229 e. The molecule has 5 rings (SSSR count). The standard InChI is InChI=1S/C31H42O15/c1-13-22(35)24(37)26(39)30(42-13)43-18-6-5-15(10-19(18)41-2)28-17(11-33)16-8-14(4-3-7-32)9-20(29(16)46-28)44-31-27(40)25(38)23(36)21(12-34)45-31/h5-6,8-10,13,17,21-28,30-40H,3-4,7,11-12H2,1-2H3. The molecule has 12 unspecified atom stereocenters. The number of aryl methyl sites for hydroxylation is 1. The fourth-order valence-electron chi connectivity index (χ4n) is 5.95. The van der Waals surface area contributed by atoms with E-state index in [1.165, 1.54) is 14.0 Å². The molecule has 256 valence electrons. The summed E-state index contributed by atoms with van der Waals surface area (Å²) in [6, 6.07) is 8.27. The highest BCUT2D eigenvalue weighted by atomic mass is 16.7. The van der Waals surface area contributed by atoms with E-state index in [4.69, 9.17) is 28.4 Å². The van der Waals surface area contributed by atoms with Crippen LogP contribution in [0.1, 0.15) is 42.1 Å². The van der Waals surface area contributed by atoms with Gasteiger partial charge in [-0.3, -0.25) is 0 Å². The molecule has 9 N–H and O–H groups in total. The monoisotopic (exact) mass is 654 g/mol. The van der Waals surface area contributed by atoms with Gasteiger partial charge < -0.3 is 74.4 Å². The van der Waals surface area contributed by atoms with Crippen LogP contribution in [-0.4, -0.2) is 134 Å². The number of fused-ring (bicyclic) bond motifs is 1. The van der Waals surface area contributed by atoms with Crippen LogP contribution in [0.3, 0.4) is 0 Å². The average Bonchev–Trinajstić information content (AvgIpc) is 3.44. The van der Waals surface area contributed by atoms with Crippen LogP contribution in [0.5, 0.6) is 23.0 Å². The largest absolute Gasteiger partial charge is 0.493 e. The maximum absolute atomic E-state index is 10.6. The number of aliphatic hydroxyl groups excluding tert-OH is 9. The molecular formula is C31H42O15. The molecule has 12 atom stereocenters. The first-order valence-electron chi connectivity index (χ1n) is 15.1. The van der Waals surface area contributed by atoms with E-state index in [1.54, 1.807) is 24.3 Å². The van der Waals surface area contributed by atoms with Gasteiger partial charge in [0.1, 0.15) is 48.8 Å². The van der Waals surface area contributed by atoms with Crippen LogP contribution in [0.4, 0.5) is 0 Å². The van der Waals surface area contributed by atoms with Crippen LogP contribution in [0.2, 0.25) is 0 Å². The highest BCUT2D eigenvalue weighted by Gasteiger charge is 2.46. The third kappa shape index (κ3) is 6.63. The predicted octanol–water partition coefficient (Wildman–Crippen LogP) is -1.79. The van der Waals surface area contributed by atoms with Crippen molar-refractivity contribution in [2.24, 2.45) is 0 Å². The van der Waals surface area contributed by atoms with Crippen LogP contribution in [0.15, 0.2) is 30.3 Å². The zero-order chi connectivity index (χ0) is 33.3. The van der Waals surface area contributed by atoms with Crippen LogP contribution < -0.4 is 18.9 Å². The Morgan fingerprint density at radius 2 is 1.39 bits per heavy atom. The van der Waals surface area contributed by atoms with Gasteiger partial charge in [-0.2, -0.15) is 0 Å². The van der Waals surface area contributed by atoms with Gasteiger partial charge >= 0.3 is 0 Å². The summed E-state index contributed by atoms with van der Waals surface area (Å²) in [6.45, 7) is 0.477. The Bertz CT molecular complexity index is 1320. The Morgan fingerprint density at radius 3 is 2.04 bits per heavy atom. The van der Waals surface area contributed by atoms with E-state index in [-0.39, 0.29) is 36.2 Å². The van der Waals surface area contributed by atoms with Crippen LogP contribution in [0, 0.1) is 0 Å². The molecule has 3 aliphatic heterocycles. The van der Waals surface area contributed by atoms with Gasteiger partial charge in [0, 0.05) is 12.2 Å². The lowest BCUT2D eigenvalue weighted by atomic mass is 9.90. The Hall–Kier alpha value is -2.80. The highest BCUT2D eigenvalue weighted by molar-refractivity contribution is 5.56. The van der Waals surface area contributed by atoms with Crippen molar-refractivity contribution in [2.45, 2.75) is 93.2 Å². The minimum Gasteiger partial charge on any atom is -0.493 e. The highest BCUT2D eigenvalue weighted by Crippen LogP contribution is 2.52. The molecule has 46 heavy (non-hydrogen) atoms. The van der Waals surface area contributed by atoms with E-state index in [0.717, 1.165) is 5.56 Å². The molecule has 15 nitrogen and oxygen atoms in total. The third-order valence-corrected chi connectivity index (χ3v) is 8.63. The summed E-state index contributed by atoms with van der Waals surface area (Å²) in [7, 11) is 1.40. The number of benzene rings is 2. The Balaban J connectivity index is 1.44. The molecule has 0 bridgehead atoms. The van der Waals surface area contributed by atoms with Gasteiger partial charge in [0.05, 0.1) is 32.3 Å². The lowest BCUT2D eigenvalue weighted by molar-refractivity contribution is -0.277. The third-order valence-electron chi connectivity index (χ3n) is 8.63. The Morgan fingerprint density at radius 1 is 0.717 bits per heavy atom. The lowest BCUT2D eigenvalue weighted by Gasteiger charge is -2.39. The molecule has 2 fully saturated rings. The topological polar surface area (TPSA) is 237 Å². The second-order valence-electron chi connectivity index (χ2n) is 11.7. The second kappa shape index (κ2) is 14.5. The lowest BCUT2D eigenvalue weighted by Crippen LogP contribution is -2.60. The smallest absolute Gasteiger partial charge is 0.229 e. The summed E-state index contributed by atoms with van der Waals surface area (Å²) in [5, 5.41) is 91.2. The van der Waals surface area contributed by atoms with E-state index < -0.39 is 80.0 Å². The molecule has 3 heterocycles. The average molecular weight is 655 g/mol. The fourth-order valence-corrected chi connectivity index (χ4v) is 5.95. The number of hydrogen-bond acceptors (Lipinski definition) is 15. The van der Waals surface area contributed by atoms with Gasteiger partial charge in [-0.15, -0.1) is 0 Å². The molecule has 2 saturated heterocycles. The van der Waals surface area contributed by atoms with Crippen molar-refractivity contribution in [1.29, 1.82) is 0 Å². The number of hydrogen-bond donors (Lipinski definition) is 9. The van der Waals surface area contributed by atoms with Crippen molar-refractivity contribution in [2.75, 3.05) is 26.9 Å². The molecular weight excluding hydrogens is 612 g/mol. The van der Waals surface area contributed by atoms with E-state index in [0.29, 0.717) is 24.0 Å². The van der Waals surface area contributed by atoms with Crippen molar-refractivity contribution < 1.29 is 74.4 Å². The Labute approximate surface area is 264 Å². The molecule has 3 aliphatic rings. The number of aliphatic hydroxyl groups is 9. The quantitative estimate of drug-likeness (QED) is 0.130. The first kappa shape index (κ1) is 34.5. The SMILES string of the molecule is COc1cc(C2Oc3c(OC4OC(CO)C(O)C(O)C4O)cc(CCCO)cc3C2CO)ccc1OC1OC(C)C(O)C(O)C1O. The van der Waals surface area contributed by atoms with E-state index in [2.05, 4.69) is 0 Å². The van der Waals surface area contributed by atoms with Gasteiger partial charge in [0.2, 0.25) is 12.6 Å². The molecule has 0 amide bonds. The Kier molecular flexibility index (Phi) is 10.9. The van der Waals surface area contributed by atoms with Gasteiger partial charge in [-0.05, 0) is 49.1 Å². The minimum atomic E-state index is -1.67. The maximum atomic E-state index is 10.6. The molecule has 0 radical (unpaired) electrons. The van der Waals surface area contributed by atoms with Crippen molar-refractivity contribution in [3.63, 3.8) is 0 Å². The second-order valence-corrected chi connectivity index (χ2v) is 11.7. The molecule has 2 aromatic carbocycles. The first-order chi connectivity index (χ1) is 22.0. The van der Waals surface area contributed by atoms with Gasteiger partial charge in [0.15, 0.2) is 23.0 Å². The van der Waals surface area contributed by atoms with Crippen LogP contribution >= 0.6 is 0 Å². The van der Waals surface area contributed by atoms with Crippen molar-refractivity contribution in [3.8, 4) is 23.0 Å². The molecule has 0 saturated carbocycles. The van der Waals surface area contributed by atoms with Gasteiger partial charge in [-0.1, -0.05) is 12.1 Å². The predicted molar refractivity (Wildman–Crippen MR) is 155 cm³/mol. The normalized spacial score (nSPS) is 35.7. The van der Waals surface area contributed by atoms with Crippen molar-refractivity contribution in [1.82, 2.24) is 0 Å². The summed E-state index contributed by atoms with van der Waals surface area (Å²) in [5.41, 5.74) is 1.86. The fraction of sp³-hybridized carbons (Fsp3) is 0.613. The van der Waals surface area contributed by atoms with Crippen LogP contribution in [0.25, 0.3) is 0 Å². The van der Waals surface area contributed by atoms with Gasteiger partial charge in [0.25, 0.3) is 0 Å². The van der Waals surface area contributed by atoms with Gasteiger partial charge in [-0.25, -0.2) is 0 Å². The molecule has 0 aliphatic carbocycles. The van der Waals surface area contributed by atoms with E-state index in [1.807, 2.05) is 6.07 Å². The molecule has 2 aromatic rings. The summed E-state index contributed by atoms with van der Waals surface area (Å²) < 4.78 is 34.8. The zero-order valence-corrected chi connectivity index (χ0v) is 25.3. The molecule has 0 spiro atoms. The summed E-state index contributed by atoms with van der Waals surface area (Å²) in [6.07, 6.45) is -13.9. The first-order valence-corrected chi connectivity index (χ1v) is 15.1.